The van der Waals surface area contributed by atoms with E-state index in [1.54, 1.807) is 12.1 Å². The molecule has 4 nitrogen and oxygen atoms in total. The molecule has 32 heavy (non-hydrogen) atoms. The molecule has 0 radical (unpaired) electrons. The van der Waals surface area contributed by atoms with Crippen LogP contribution in [0.5, 0.6) is 17.2 Å². The van der Waals surface area contributed by atoms with Crippen molar-refractivity contribution in [2.75, 3.05) is 26.2 Å². The summed E-state index contributed by atoms with van der Waals surface area (Å²) in [7, 11) is 0. The molecule has 2 aliphatic heterocycles. The summed E-state index contributed by atoms with van der Waals surface area (Å²) in [6, 6.07) is 24.3. The van der Waals surface area contributed by atoms with Gasteiger partial charge >= 0.3 is 0 Å². The van der Waals surface area contributed by atoms with E-state index in [2.05, 4.69) is 60.4 Å². The topological polar surface area (TPSA) is 41.9 Å². The van der Waals surface area contributed by atoms with Gasteiger partial charge in [0.25, 0.3) is 0 Å². The van der Waals surface area contributed by atoms with E-state index in [0.717, 1.165) is 43.1 Å². The number of aromatic hydroxyl groups is 1. The molecule has 0 aliphatic carbocycles. The van der Waals surface area contributed by atoms with Crippen LogP contribution in [0.3, 0.4) is 0 Å². The summed E-state index contributed by atoms with van der Waals surface area (Å²) in [4.78, 5) is 2.43. The lowest BCUT2D eigenvalue weighted by atomic mass is 9.88. The average Bonchev–Trinajstić information content (AvgIpc) is 2.79. The van der Waals surface area contributed by atoms with Crippen LogP contribution in [0.4, 0.5) is 0 Å². The summed E-state index contributed by atoms with van der Waals surface area (Å²) in [5.41, 5.74) is 5.86. The summed E-state index contributed by atoms with van der Waals surface area (Å²) in [6.45, 7) is 5.90. The van der Waals surface area contributed by atoms with E-state index in [1.165, 1.54) is 28.7 Å². The number of likely N-dealkylation sites (tertiary alicyclic amines) is 1. The van der Waals surface area contributed by atoms with Crippen LogP contribution in [0.15, 0.2) is 72.8 Å². The third-order valence-corrected chi connectivity index (χ3v) is 6.22. The molecular formula is C28H29NO3. The summed E-state index contributed by atoms with van der Waals surface area (Å²) in [5, 5.41) is 9.91. The highest BCUT2D eigenvalue weighted by Gasteiger charge is 2.27. The van der Waals surface area contributed by atoms with Crippen molar-refractivity contribution in [1.29, 1.82) is 0 Å². The second-order valence-electron chi connectivity index (χ2n) is 8.61. The maximum atomic E-state index is 9.91. The molecule has 0 bridgehead atoms. The first-order chi connectivity index (χ1) is 15.7. The summed E-state index contributed by atoms with van der Waals surface area (Å²) >= 11 is 0. The Hall–Kier alpha value is -3.24. The third kappa shape index (κ3) is 4.37. The number of ether oxygens (including phenoxy) is 2. The Morgan fingerprint density at radius 2 is 1.78 bits per heavy atom. The summed E-state index contributed by atoms with van der Waals surface area (Å²) < 4.78 is 12.1. The van der Waals surface area contributed by atoms with Crippen LogP contribution in [0.25, 0.3) is 11.1 Å². The van der Waals surface area contributed by atoms with Crippen LogP contribution in [-0.4, -0.2) is 42.4 Å². The van der Waals surface area contributed by atoms with E-state index >= 15 is 0 Å². The fourth-order valence-corrected chi connectivity index (χ4v) is 4.56. The summed E-state index contributed by atoms with van der Waals surface area (Å²) in [6.07, 6.45) is 2.28. The lowest BCUT2D eigenvalue weighted by molar-refractivity contribution is 0.0202. The largest absolute Gasteiger partial charge is 0.508 e. The predicted molar refractivity (Wildman–Crippen MR) is 128 cm³/mol. The molecule has 1 saturated heterocycles. The van der Waals surface area contributed by atoms with Crippen molar-refractivity contribution in [3.63, 3.8) is 0 Å². The molecule has 164 valence electrons. The zero-order valence-electron chi connectivity index (χ0n) is 18.5. The number of rotatable bonds is 7. The number of hydrogen-bond donors (Lipinski definition) is 1. The fraction of sp³-hybridized carbons (Fsp3) is 0.286. The lowest BCUT2D eigenvalue weighted by Crippen LogP contribution is -2.53. The van der Waals surface area contributed by atoms with Crippen molar-refractivity contribution >= 4 is 11.1 Å². The third-order valence-electron chi connectivity index (χ3n) is 6.22. The molecule has 5 rings (SSSR count). The number of phenolic OH excluding ortho intramolecular Hbond substituents is 1. The first kappa shape index (κ1) is 20.7. The van der Waals surface area contributed by atoms with Gasteiger partial charge in [-0.3, -0.25) is 4.90 Å². The normalized spacial score (nSPS) is 16.3. The maximum absolute atomic E-state index is 9.91. The molecule has 1 N–H and O–H groups in total. The Morgan fingerprint density at radius 3 is 2.53 bits per heavy atom. The van der Waals surface area contributed by atoms with Crippen LogP contribution in [-0.2, 0) is 6.42 Å². The van der Waals surface area contributed by atoms with Gasteiger partial charge in [-0.2, -0.15) is 0 Å². The molecular weight excluding hydrogens is 398 g/mol. The molecule has 0 saturated carbocycles. The van der Waals surface area contributed by atoms with Crippen molar-refractivity contribution in [3.05, 3.63) is 89.5 Å². The fourth-order valence-electron chi connectivity index (χ4n) is 4.56. The maximum Gasteiger partial charge on any atom is 0.131 e. The molecule has 2 aliphatic rings. The number of fused-ring (bicyclic) bond motifs is 1. The van der Waals surface area contributed by atoms with Gasteiger partial charge in [0.1, 0.15) is 30.0 Å². The van der Waals surface area contributed by atoms with Crippen LogP contribution in [0.2, 0.25) is 0 Å². The van der Waals surface area contributed by atoms with Crippen molar-refractivity contribution < 1.29 is 14.6 Å². The Labute approximate surface area is 189 Å². The Kier molecular flexibility index (Phi) is 5.87. The Morgan fingerprint density at radius 1 is 1.00 bits per heavy atom. The van der Waals surface area contributed by atoms with Gasteiger partial charge in [0.15, 0.2) is 0 Å². The molecule has 3 aromatic rings. The van der Waals surface area contributed by atoms with Gasteiger partial charge < -0.3 is 14.6 Å². The first-order valence-corrected chi connectivity index (χ1v) is 11.4. The van der Waals surface area contributed by atoms with E-state index in [9.17, 15) is 5.11 Å². The molecule has 1 fully saturated rings. The minimum absolute atomic E-state index is 0.223. The SMILES string of the molecule is CCCN1CC(Oc2ccc(CC3=C(c4ccccc4)COc4cc(O)ccc43)cc2)C1. The van der Waals surface area contributed by atoms with Gasteiger partial charge in [0.05, 0.1) is 0 Å². The van der Waals surface area contributed by atoms with Crippen LogP contribution >= 0.6 is 0 Å². The van der Waals surface area contributed by atoms with Crippen molar-refractivity contribution in [1.82, 2.24) is 4.90 Å². The molecule has 0 unspecified atom stereocenters. The van der Waals surface area contributed by atoms with E-state index in [0.29, 0.717) is 12.7 Å². The monoisotopic (exact) mass is 427 g/mol. The van der Waals surface area contributed by atoms with E-state index < -0.39 is 0 Å². The minimum atomic E-state index is 0.223. The quantitative estimate of drug-likeness (QED) is 0.547. The van der Waals surface area contributed by atoms with E-state index in [-0.39, 0.29) is 5.75 Å². The first-order valence-electron chi connectivity index (χ1n) is 11.4. The van der Waals surface area contributed by atoms with Crippen LogP contribution < -0.4 is 9.47 Å². The van der Waals surface area contributed by atoms with E-state index in [4.69, 9.17) is 9.47 Å². The van der Waals surface area contributed by atoms with E-state index in [1.807, 2.05) is 12.1 Å². The molecule has 2 heterocycles. The van der Waals surface area contributed by atoms with Gasteiger partial charge in [-0.25, -0.2) is 0 Å². The second kappa shape index (κ2) is 9.09. The Bertz CT molecular complexity index is 1100. The number of nitrogens with zero attached hydrogens (tertiary/aromatic N) is 1. The molecule has 0 spiro atoms. The zero-order valence-corrected chi connectivity index (χ0v) is 18.5. The molecule has 0 aromatic heterocycles. The molecule has 3 aromatic carbocycles. The number of allylic oxidation sites excluding steroid dienone is 1. The van der Waals surface area contributed by atoms with Crippen LogP contribution in [0.1, 0.15) is 30.0 Å². The summed E-state index contributed by atoms with van der Waals surface area (Å²) in [5.74, 6) is 1.90. The highest BCUT2D eigenvalue weighted by Crippen LogP contribution is 2.40. The smallest absolute Gasteiger partial charge is 0.131 e. The number of phenols is 1. The van der Waals surface area contributed by atoms with Gasteiger partial charge in [-0.15, -0.1) is 0 Å². The molecule has 0 amide bonds. The van der Waals surface area contributed by atoms with Gasteiger partial charge in [0.2, 0.25) is 0 Å². The van der Waals surface area contributed by atoms with Gasteiger partial charge in [0, 0.05) is 30.3 Å². The number of benzene rings is 3. The minimum Gasteiger partial charge on any atom is -0.508 e. The van der Waals surface area contributed by atoms with Gasteiger partial charge in [-0.1, -0.05) is 49.4 Å². The van der Waals surface area contributed by atoms with Crippen molar-refractivity contribution in [3.8, 4) is 17.2 Å². The lowest BCUT2D eigenvalue weighted by Gasteiger charge is -2.38. The van der Waals surface area contributed by atoms with Crippen LogP contribution in [0, 0.1) is 0 Å². The van der Waals surface area contributed by atoms with Gasteiger partial charge in [-0.05, 0) is 60.4 Å². The zero-order chi connectivity index (χ0) is 21.9. The second-order valence-corrected chi connectivity index (χ2v) is 8.61. The Balaban J connectivity index is 1.38. The van der Waals surface area contributed by atoms with Crippen molar-refractivity contribution in [2.45, 2.75) is 25.9 Å². The molecule has 4 heteroatoms. The molecule has 0 atom stereocenters. The highest BCUT2D eigenvalue weighted by molar-refractivity contribution is 5.95. The standard InChI is InChI=1S/C28H29NO3/c1-2-14-29-17-24(18-29)32-23-11-8-20(9-12-23)15-26-25-13-10-22(30)16-28(25)31-19-27(26)21-6-4-3-5-7-21/h3-13,16,24,30H,2,14-15,17-19H2,1H3. The average molecular weight is 428 g/mol. The highest BCUT2D eigenvalue weighted by atomic mass is 16.5. The van der Waals surface area contributed by atoms with Crippen molar-refractivity contribution in [2.24, 2.45) is 0 Å². The predicted octanol–water partition coefficient (Wildman–Crippen LogP) is 5.41. The number of hydrogen-bond acceptors (Lipinski definition) is 4.